The number of carbonyl (C=O) groups is 1. The zero-order chi connectivity index (χ0) is 25.8. The number of alkyl halides is 3. The predicted octanol–water partition coefficient (Wildman–Crippen LogP) is 5.15. The van der Waals surface area contributed by atoms with E-state index in [0.717, 1.165) is 0 Å². The number of nitrogens with two attached hydrogens (primary N) is 1. The van der Waals surface area contributed by atoms with Gasteiger partial charge in [-0.3, -0.25) is 9.20 Å². The first-order valence-corrected chi connectivity index (χ1v) is 11.4. The third-order valence-corrected chi connectivity index (χ3v) is 6.27. The largest absolute Gasteiger partial charge is 0.435 e. The molecule has 4 heterocycles. The summed E-state index contributed by atoms with van der Waals surface area (Å²) in [6.07, 6.45) is -1.17. The van der Waals surface area contributed by atoms with Gasteiger partial charge in [-0.05, 0) is 31.6 Å². The molecule has 1 amide bonds. The van der Waals surface area contributed by atoms with Crippen LogP contribution in [0.1, 0.15) is 40.4 Å². The molecule has 0 fully saturated rings. The quantitative estimate of drug-likeness (QED) is 0.349. The van der Waals surface area contributed by atoms with Crippen molar-refractivity contribution in [2.75, 3.05) is 17.6 Å². The van der Waals surface area contributed by atoms with Gasteiger partial charge in [0.05, 0.1) is 22.3 Å². The van der Waals surface area contributed by atoms with Crippen molar-refractivity contribution in [2.24, 2.45) is 0 Å². The summed E-state index contributed by atoms with van der Waals surface area (Å²) < 4.78 is 44.2. The number of rotatable bonds is 4. The van der Waals surface area contributed by atoms with E-state index in [-0.39, 0.29) is 27.7 Å². The van der Waals surface area contributed by atoms with Crippen LogP contribution < -0.4 is 16.4 Å². The Bertz CT molecular complexity index is 1520. The van der Waals surface area contributed by atoms with Crippen LogP contribution in [0.15, 0.2) is 42.5 Å². The first-order valence-electron chi connectivity index (χ1n) is 11.0. The van der Waals surface area contributed by atoms with Gasteiger partial charge in [0.2, 0.25) is 0 Å². The molecule has 0 radical (unpaired) electrons. The van der Waals surface area contributed by atoms with Gasteiger partial charge in [-0.25, -0.2) is 9.67 Å². The lowest BCUT2D eigenvalue weighted by atomic mass is 9.99. The number of nitrogens with zero attached hydrogens (tertiary/aromatic N) is 4. The molecule has 4 N–H and O–H groups in total. The summed E-state index contributed by atoms with van der Waals surface area (Å²) in [4.78, 5) is 17.1. The molecule has 186 valence electrons. The smallest absolute Gasteiger partial charge is 0.381 e. The van der Waals surface area contributed by atoms with Crippen LogP contribution in [0.2, 0.25) is 5.02 Å². The van der Waals surface area contributed by atoms with Gasteiger partial charge in [-0.2, -0.15) is 13.2 Å². The number of aromatic nitrogens is 4. The van der Waals surface area contributed by atoms with Gasteiger partial charge in [-0.15, -0.1) is 5.10 Å². The Morgan fingerprint density at radius 3 is 2.69 bits per heavy atom. The zero-order valence-electron chi connectivity index (χ0n) is 19.2. The molecule has 0 aliphatic carbocycles. The van der Waals surface area contributed by atoms with E-state index in [2.05, 4.69) is 20.7 Å². The van der Waals surface area contributed by atoms with Crippen molar-refractivity contribution in [2.45, 2.75) is 26.1 Å². The lowest BCUT2D eigenvalue weighted by Crippen LogP contribution is -2.29. The van der Waals surface area contributed by atoms with Crippen LogP contribution in [-0.2, 0) is 6.18 Å². The highest BCUT2D eigenvalue weighted by Gasteiger charge is 2.38. The van der Waals surface area contributed by atoms with Crippen LogP contribution in [0.3, 0.4) is 0 Å². The highest BCUT2D eigenvalue weighted by atomic mass is 35.5. The number of carbonyl (C=O) groups excluding carboxylic acids is 1. The Morgan fingerprint density at radius 1 is 1.28 bits per heavy atom. The number of fused-ring (bicyclic) bond motifs is 2. The lowest BCUT2D eigenvalue weighted by molar-refractivity contribution is -0.139. The second kappa shape index (κ2) is 8.59. The summed E-state index contributed by atoms with van der Waals surface area (Å²) in [6.45, 7) is 3.71. The van der Waals surface area contributed by atoms with Crippen molar-refractivity contribution in [1.29, 1.82) is 0 Å². The van der Waals surface area contributed by atoms with Gasteiger partial charge >= 0.3 is 6.18 Å². The molecule has 4 aromatic rings. The van der Waals surface area contributed by atoms with Gasteiger partial charge in [0, 0.05) is 18.3 Å². The Balaban J connectivity index is 1.65. The Hall–Kier alpha value is -3.99. The van der Waals surface area contributed by atoms with Gasteiger partial charge < -0.3 is 16.4 Å². The molecular formula is C24H21ClF3N7O. The molecule has 36 heavy (non-hydrogen) atoms. The van der Waals surface area contributed by atoms with Crippen LogP contribution in [-0.4, -0.2) is 31.6 Å². The van der Waals surface area contributed by atoms with Crippen molar-refractivity contribution in [3.05, 3.63) is 70.1 Å². The van der Waals surface area contributed by atoms with E-state index in [4.69, 9.17) is 17.3 Å². The summed E-state index contributed by atoms with van der Waals surface area (Å²) in [5.41, 5.74) is 6.47. The predicted molar refractivity (Wildman–Crippen MR) is 132 cm³/mol. The summed E-state index contributed by atoms with van der Waals surface area (Å²) in [7, 11) is 0. The number of halogens is 4. The lowest BCUT2D eigenvalue weighted by Gasteiger charge is -2.22. The average molecular weight is 516 g/mol. The molecule has 1 aliphatic rings. The number of imidazole rings is 1. The maximum atomic E-state index is 13.8. The molecule has 12 heteroatoms. The summed E-state index contributed by atoms with van der Waals surface area (Å²) in [5.74, 6) is 0.129. The van der Waals surface area contributed by atoms with E-state index in [1.807, 2.05) is 6.08 Å². The monoisotopic (exact) mass is 515 g/mol. The van der Waals surface area contributed by atoms with E-state index in [1.165, 1.54) is 22.1 Å². The number of hydrogen-bond donors (Lipinski definition) is 3. The summed E-state index contributed by atoms with van der Waals surface area (Å²) >= 11 is 6.42. The van der Waals surface area contributed by atoms with E-state index in [1.54, 1.807) is 43.5 Å². The number of nitrogen functional groups attached to an aromatic ring is 1. The van der Waals surface area contributed by atoms with Crippen molar-refractivity contribution >= 4 is 40.9 Å². The van der Waals surface area contributed by atoms with Crippen LogP contribution in [0.5, 0.6) is 0 Å². The molecule has 1 aliphatic heterocycles. The minimum atomic E-state index is -4.70. The van der Waals surface area contributed by atoms with Crippen LogP contribution in [0.4, 0.5) is 24.8 Å². The van der Waals surface area contributed by atoms with Crippen LogP contribution >= 0.6 is 11.6 Å². The zero-order valence-corrected chi connectivity index (χ0v) is 19.9. The molecule has 1 aromatic carbocycles. The minimum Gasteiger partial charge on any atom is -0.381 e. The highest BCUT2D eigenvalue weighted by molar-refractivity contribution is 6.34. The SMILES string of the molecule is Cc1nc(C(F)(F)F)c2c(Cl)cc(C(C)NC(=O)c3c(N)nn4c3NCC=C4)c(-c3ccccc3)n12. The van der Waals surface area contributed by atoms with E-state index in [9.17, 15) is 18.0 Å². The van der Waals surface area contributed by atoms with Gasteiger partial charge in [0.1, 0.15) is 17.2 Å². The van der Waals surface area contributed by atoms with E-state index in [0.29, 0.717) is 29.2 Å². The van der Waals surface area contributed by atoms with Crippen molar-refractivity contribution in [3.63, 3.8) is 0 Å². The Morgan fingerprint density at radius 2 is 2.00 bits per heavy atom. The number of hydrogen-bond acceptors (Lipinski definition) is 5. The fraction of sp³-hybridized carbons (Fsp3) is 0.208. The molecule has 0 spiro atoms. The highest BCUT2D eigenvalue weighted by Crippen LogP contribution is 2.40. The molecule has 0 bridgehead atoms. The fourth-order valence-electron chi connectivity index (χ4n) is 4.46. The second-order valence-electron chi connectivity index (χ2n) is 8.37. The van der Waals surface area contributed by atoms with E-state index >= 15 is 0 Å². The number of aryl methyl sites for hydroxylation is 1. The number of anilines is 2. The first kappa shape index (κ1) is 23.7. The summed E-state index contributed by atoms with van der Waals surface area (Å²) in [5, 5.41) is 9.99. The molecule has 8 nitrogen and oxygen atoms in total. The molecule has 1 atom stereocenters. The minimum absolute atomic E-state index is 0.0470. The standard InChI is InChI=1S/C24H21ClF3N7O/c1-12(31-23(36)17-21(29)33-34-10-6-9-30-22(17)34)15-11-16(25)19-20(24(26,27)28)32-13(2)35(19)18(15)14-7-4-3-5-8-14/h3-8,10-12,30H,9H2,1-2H3,(H2,29,33)(H,31,36). The Kier molecular flexibility index (Phi) is 5.67. The van der Waals surface area contributed by atoms with Gasteiger partial charge in [0.15, 0.2) is 11.5 Å². The van der Waals surface area contributed by atoms with Gasteiger partial charge in [-0.1, -0.05) is 41.9 Å². The topological polar surface area (TPSA) is 102 Å². The van der Waals surface area contributed by atoms with Crippen LogP contribution in [0, 0.1) is 6.92 Å². The Labute approximate surface area is 208 Å². The molecule has 5 rings (SSSR count). The third-order valence-electron chi connectivity index (χ3n) is 5.98. The maximum Gasteiger partial charge on any atom is 0.435 e. The van der Waals surface area contributed by atoms with Crippen molar-refractivity contribution in [1.82, 2.24) is 24.5 Å². The first-order chi connectivity index (χ1) is 17.1. The third kappa shape index (κ3) is 3.85. The number of benzene rings is 1. The number of amides is 1. The number of pyridine rings is 1. The van der Waals surface area contributed by atoms with Gasteiger partial charge in [0.25, 0.3) is 5.91 Å². The van der Waals surface area contributed by atoms with Crippen LogP contribution in [0.25, 0.3) is 23.0 Å². The van der Waals surface area contributed by atoms with Crippen molar-refractivity contribution in [3.8, 4) is 11.3 Å². The van der Waals surface area contributed by atoms with Crippen molar-refractivity contribution < 1.29 is 18.0 Å². The molecule has 3 aromatic heterocycles. The molecule has 0 saturated carbocycles. The molecule has 1 unspecified atom stereocenters. The maximum absolute atomic E-state index is 13.8. The second-order valence-corrected chi connectivity index (χ2v) is 8.77. The normalized spacial score (nSPS) is 13.9. The van der Waals surface area contributed by atoms with E-state index < -0.39 is 23.8 Å². The average Bonchev–Trinajstić information content (AvgIpc) is 3.36. The molecular weight excluding hydrogens is 495 g/mol. The molecule has 0 saturated heterocycles. The number of nitrogens with one attached hydrogen (secondary N) is 2. The summed E-state index contributed by atoms with van der Waals surface area (Å²) in [6, 6.07) is 9.68. The fourth-order valence-corrected chi connectivity index (χ4v) is 4.75.